The first-order valence-corrected chi connectivity index (χ1v) is 7.29. The summed E-state index contributed by atoms with van der Waals surface area (Å²) in [6, 6.07) is 11.5. The van der Waals surface area contributed by atoms with Gasteiger partial charge >= 0.3 is 0 Å². The van der Waals surface area contributed by atoms with Gasteiger partial charge in [-0.1, -0.05) is 44.2 Å². The van der Waals surface area contributed by atoms with Crippen LogP contribution in [0.4, 0.5) is 0 Å². The van der Waals surface area contributed by atoms with E-state index in [9.17, 15) is 0 Å². The van der Waals surface area contributed by atoms with Crippen molar-refractivity contribution in [2.45, 2.75) is 32.7 Å². The average molecular weight is 246 g/mol. The summed E-state index contributed by atoms with van der Waals surface area (Å²) >= 11 is 0. The third-order valence-corrected chi connectivity index (χ3v) is 4.10. The summed E-state index contributed by atoms with van der Waals surface area (Å²) in [5.74, 6) is 0.773. The zero-order chi connectivity index (χ0) is 12.8. The first-order valence-electron chi connectivity index (χ1n) is 7.29. The number of piperidine rings is 1. The van der Waals surface area contributed by atoms with Crippen molar-refractivity contribution in [3.63, 3.8) is 0 Å². The Hall–Kier alpha value is -0.860. The predicted molar refractivity (Wildman–Crippen MR) is 77.8 cm³/mol. The lowest BCUT2D eigenvalue weighted by Crippen LogP contribution is -2.48. The molecule has 0 unspecified atom stereocenters. The third-order valence-electron chi connectivity index (χ3n) is 4.10. The van der Waals surface area contributed by atoms with Crippen LogP contribution in [0.5, 0.6) is 0 Å². The SMILES string of the molecule is CCN1CC[C@H](NCCc2ccccc2)[C@H](C)C1. The van der Waals surface area contributed by atoms with Crippen LogP contribution in [0.2, 0.25) is 0 Å². The molecule has 0 spiro atoms. The monoisotopic (exact) mass is 246 g/mol. The molecule has 2 nitrogen and oxygen atoms in total. The lowest BCUT2D eigenvalue weighted by molar-refractivity contribution is 0.154. The molecule has 2 atom stereocenters. The minimum atomic E-state index is 0.705. The Labute approximate surface area is 111 Å². The van der Waals surface area contributed by atoms with E-state index in [0.717, 1.165) is 18.9 Å². The Morgan fingerprint density at radius 1 is 1.28 bits per heavy atom. The number of nitrogens with one attached hydrogen (secondary N) is 1. The number of hydrogen-bond donors (Lipinski definition) is 1. The fourth-order valence-corrected chi connectivity index (χ4v) is 2.87. The lowest BCUT2D eigenvalue weighted by Gasteiger charge is -2.36. The number of likely N-dealkylation sites (tertiary alicyclic amines) is 1. The van der Waals surface area contributed by atoms with E-state index in [1.165, 1.54) is 31.6 Å². The molecule has 1 aliphatic heterocycles. The number of nitrogens with zero attached hydrogens (tertiary/aromatic N) is 1. The molecule has 1 aromatic carbocycles. The van der Waals surface area contributed by atoms with Crippen molar-refractivity contribution in [3.8, 4) is 0 Å². The van der Waals surface area contributed by atoms with Gasteiger partial charge in [-0.3, -0.25) is 0 Å². The maximum atomic E-state index is 3.74. The van der Waals surface area contributed by atoms with Gasteiger partial charge < -0.3 is 10.2 Å². The topological polar surface area (TPSA) is 15.3 Å². The summed E-state index contributed by atoms with van der Waals surface area (Å²) < 4.78 is 0. The Balaban J connectivity index is 1.71. The molecule has 0 bridgehead atoms. The van der Waals surface area contributed by atoms with E-state index < -0.39 is 0 Å². The third kappa shape index (κ3) is 3.82. The molecule has 2 rings (SSSR count). The van der Waals surface area contributed by atoms with E-state index in [4.69, 9.17) is 0 Å². The molecular weight excluding hydrogens is 220 g/mol. The van der Waals surface area contributed by atoms with Crippen molar-refractivity contribution < 1.29 is 0 Å². The van der Waals surface area contributed by atoms with E-state index in [1.54, 1.807) is 0 Å². The van der Waals surface area contributed by atoms with Crippen LogP contribution in [0.25, 0.3) is 0 Å². The van der Waals surface area contributed by atoms with Crippen LogP contribution in [0.15, 0.2) is 30.3 Å². The quantitative estimate of drug-likeness (QED) is 0.859. The van der Waals surface area contributed by atoms with E-state index in [-0.39, 0.29) is 0 Å². The second-order valence-corrected chi connectivity index (χ2v) is 5.46. The van der Waals surface area contributed by atoms with Crippen LogP contribution in [-0.4, -0.2) is 37.1 Å². The first kappa shape index (κ1) is 13.6. The smallest absolute Gasteiger partial charge is 0.0117 e. The van der Waals surface area contributed by atoms with E-state index in [2.05, 4.69) is 54.4 Å². The first-order chi connectivity index (χ1) is 8.79. The van der Waals surface area contributed by atoms with Gasteiger partial charge in [-0.2, -0.15) is 0 Å². The van der Waals surface area contributed by atoms with Crippen molar-refractivity contribution in [1.82, 2.24) is 10.2 Å². The minimum absolute atomic E-state index is 0.705. The van der Waals surface area contributed by atoms with Crippen LogP contribution in [0.3, 0.4) is 0 Å². The highest BCUT2D eigenvalue weighted by Crippen LogP contribution is 2.16. The second-order valence-electron chi connectivity index (χ2n) is 5.46. The lowest BCUT2D eigenvalue weighted by atomic mass is 9.93. The molecule has 100 valence electrons. The fourth-order valence-electron chi connectivity index (χ4n) is 2.87. The van der Waals surface area contributed by atoms with Gasteiger partial charge in [0, 0.05) is 12.6 Å². The highest BCUT2D eigenvalue weighted by molar-refractivity contribution is 5.14. The van der Waals surface area contributed by atoms with Crippen LogP contribution < -0.4 is 5.32 Å². The summed E-state index contributed by atoms with van der Waals surface area (Å²) in [6.45, 7) is 9.44. The molecule has 0 saturated carbocycles. The summed E-state index contributed by atoms with van der Waals surface area (Å²) in [6.07, 6.45) is 2.44. The zero-order valence-electron chi connectivity index (χ0n) is 11.7. The summed E-state index contributed by atoms with van der Waals surface area (Å²) in [5, 5.41) is 3.74. The van der Waals surface area contributed by atoms with Gasteiger partial charge in [-0.05, 0) is 44.0 Å². The zero-order valence-corrected chi connectivity index (χ0v) is 11.7. The molecule has 1 fully saturated rings. The van der Waals surface area contributed by atoms with Crippen LogP contribution in [-0.2, 0) is 6.42 Å². The Morgan fingerprint density at radius 2 is 2.06 bits per heavy atom. The molecule has 1 aromatic rings. The van der Waals surface area contributed by atoms with Crippen molar-refractivity contribution in [2.75, 3.05) is 26.2 Å². The van der Waals surface area contributed by atoms with E-state index >= 15 is 0 Å². The number of benzene rings is 1. The number of rotatable bonds is 5. The van der Waals surface area contributed by atoms with Gasteiger partial charge in [0.1, 0.15) is 0 Å². The molecule has 2 heteroatoms. The molecule has 0 amide bonds. The summed E-state index contributed by atoms with van der Waals surface area (Å²) in [5.41, 5.74) is 1.43. The standard InChI is InChI=1S/C16H26N2/c1-3-18-12-10-16(14(2)13-18)17-11-9-15-7-5-4-6-8-15/h4-8,14,16-17H,3,9-13H2,1-2H3/t14-,16+/m1/s1. The molecule has 1 aliphatic rings. The Morgan fingerprint density at radius 3 is 2.72 bits per heavy atom. The van der Waals surface area contributed by atoms with Crippen LogP contribution in [0, 0.1) is 5.92 Å². The van der Waals surface area contributed by atoms with Crippen molar-refractivity contribution in [2.24, 2.45) is 5.92 Å². The van der Waals surface area contributed by atoms with Crippen LogP contribution >= 0.6 is 0 Å². The maximum Gasteiger partial charge on any atom is 0.0117 e. The summed E-state index contributed by atoms with van der Waals surface area (Å²) in [4.78, 5) is 2.56. The van der Waals surface area contributed by atoms with Gasteiger partial charge in [0.2, 0.25) is 0 Å². The molecule has 0 aliphatic carbocycles. The van der Waals surface area contributed by atoms with Gasteiger partial charge in [0.05, 0.1) is 0 Å². The van der Waals surface area contributed by atoms with Gasteiger partial charge in [0.15, 0.2) is 0 Å². The largest absolute Gasteiger partial charge is 0.313 e. The van der Waals surface area contributed by atoms with E-state index in [0.29, 0.717) is 6.04 Å². The van der Waals surface area contributed by atoms with Gasteiger partial charge in [-0.25, -0.2) is 0 Å². The molecule has 0 aromatic heterocycles. The maximum absolute atomic E-state index is 3.74. The molecule has 1 N–H and O–H groups in total. The highest BCUT2D eigenvalue weighted by Gasteiger charge is 2.24. The van der Waals surface area contributed by atoms with Crippen molar-refractivity contribution >= 4 is 0 Å². The van der Waals surface area contributed by atoms with Crippen molar-refractivity contribution in [1.29, 1.82) is 0 Å². The normalized spacial score (nSPS) is 25.2. The molecular formula is C16H26N2. The second kappa shape index (κ2) is 6.91. The Bertz CT molecular complexity index is 336. The molecule has 1 heterocycles. The van der Waals surface area contributed by atoms with E-state index in [1.807, 2.05) is 0 Å². The molecule has 1 saturated heterocycles. The summed E-state index contributed by atoms with van der Waals surface area (Å²) in [7, 11) is 0. The Kier molecular flexibility index (Phi) is 5.21. The van der Waals surface area contributed by atoms with Gasteiger partial charge in [0.25, 0.3) is 0 Å². The van der Waals surface area contributed by atoms with Crippen LogP contribution in [0.1, 0.15) is 25.8 Å². The van der Waals surface area contributed by atoms with Crippen molar-refractivity contribution in [3.05, 3.63) is 35.9 Å². The predicted octanol–water partition coefficient (Wildman–Crippen LogP) is 2.55. The highest BCUT2D eigenvalue weighted by atomic mass is 15.1. The minimum Gasteiger partial charge on any atom is -0.313 e. The van der Waals surface area contributed by atoms with Gasteiger partial charge in [-0.15, -0.1) is 0 Å². The average Bonchev–Trinajstić information content (AvgIpc) is 2.42. The molecule has 0 radical (unpaired) electrons. The molecule has 18 heavy (non-hydrogen) atoms. The fraction of sp³-hybridized carbons (Fsp3) is 0.625. The number of hydrogen-bond acceptors (Lipinski definition) is 2.